The molecule has 0 radical (unpaired) electrons. The number of carbonyl (C=O) groups excluding carboxylic acids is 1. The standard InChI is InChI=1S/C14H14BrN3O/c1-8-6-10(16)7-17-13(8)18-14(19)11-4-3-5-12(15)9(11)2/h3-7H,16H2,1-2H3,(H,17,18,19). The minimum Gasteiger partial charge on any atom is -0.397 e. The van der Waals surface area contributed by atoms with E-state index in [-0.39, 0.29) is 5.91 Å². The molecule has 0 spiro atoms. The molecule has 0 bridgehead atoms. The number of hydrogen-bond acceptors (Lipinski definition) is 3. The van der Waals surface area contributed by atoms with Gasteiger partial charge in [0.25, 0.3) is 5.91 Å². The monoisotopic (exact) mass is 319 g/mol. The zero-order valence-electron chi connectivity index (χ0n) is 10.7. The van der Waals surface area contributed by atoms with Crippen molar-refractivity contribution < 1.29 is 4.79 Å². The number of hydrogen-bond donors (Lipinski definition) is 2. The summed E-state index contributed by atoms with van der Waals surface area (Å²) in [4.78, 5) is 16.3. The van der Waals surface area contributed by atoms with Crippen molar-refractivity contribution in [2.24, 2.45) is 0 Å². The lowest BCUT2D eigenvalue weighted by Crippen LogP contribution is -2.15. The van der Waals surface area contributed by atoms with E-state index in [0.29, 0.717) is 17.1 Å². The molecule has 4 nitrogen and oxygen atoms in total. The van der Waals surface area contributed by atoms with Gasteiger partial charge in [0, 0.05) is 10.0 Å². The van der Waals surface area contributed by atoms with Gasteiger partial charge in [-0.2, -0.15) is 0 Å². The van der Waals surface area contributed by atoms with Crippen LogP contribution in [0.15, 0.2) is 34.9 Å². The number of anilines is 2. The maximum Gasteiger partial charge on any atom is 0.257 e. The number of nitrogen functional groups attached to an aromatic ring is 1. The molecular formula is C14H14BrN3O. The second-order valence-electron chi connectivity index (χ2n) is 4.30. The van der Waals surface area contributed by atoms with Crippen molar-refractivity contribution in [1.82, 2.24) is 4.98 Å². The molecule has 2 rings (SSSR count). The molecular weight excluding hydrogens is 306 g/mol. The summed E-state index contributed by atoms with van der Waals surface area (Å²) in [6.07, 6.45) is 1.52. The van der Waals surface area contributed by atoms with E-state index in [1.54, 1.807) is 12.1 Å². The van der Waals surface area contributed by atoms with E-state index in [1.165, 1.54) is 6.20 Å². The van der Waals surface area contributed by atoms with Gasteiger partial charge in [-0.05, 0) is 43.2 Å². The first-order chi connectivity index (χ1) is 8.99. The highest BCUT2D eigenvalue weighted by Crippen LogP contribution is 2.21. The molecule has 1 aromatic heterocycles. The summed E-state index contributed by atoms with van der Waals surface area (Å²) in [5.41, 5.74) is 8.56. The van der Waals surface area contributed by atoms with Crippen LogP contribution in [0.1, 0.15) is 21.5 Å². The predicted octanol–water partition coefficient (Wildman–Crippen LogP) is 3.30. The van der Waals surface area contributed by atoms with Crippen LogP contribution in [0, 0.1) is 13.8 Å². The number of amides is 1. The summed E-state index contributed by atoms with van der Waals surface area (Å²) in [6.45, 7) is 3.75. The molecule has 3 N–H and O–H groups in total. The number of halogens is 1. The number of pyridine rings is 1. The maximum atomic E-state index is 12.2. The zero-order chi connectivity index (χ0) is 14.0. The molecule has 0 aliphatic rings. The first-order valence-electron chi connectivity index (χ1n) is 5.77. The van der Waals surface area contributed by atoms with Gasteiger partial charge in [0.15, 0.2) is 0 Å². The highest BCUT2D eigenvalue weighted by Gasteiger charge is 2.12. The van der Waals surface area contributed by atoms with Crippen LogP contribution in [0.5, 0.6) is 0 Å². The molecule has 0 fully saturated rings. The summed E-state index contributed by atoms with van der Waals surface area (Å²) in [7, 11) is 0. The van der Waals surface area contributed by atoms with Crippen LogP contribution in [-0.4, -0.2) is 10.9 Å². The zero-order valence-corrected chi connectivity index (χ0v) is 12.3. The number of nitrogens with two attached hydrogens (primary N) is 1. The van der Waals surface area contributed by atoms with Crippen molar-refractivity contribution >= 4 is 33.3 Å². The van der Waals surface area contributed by atoms with Gasteiger partial charge < -0.3 is 11.1 Å². The number of aryl methyl sites for hydroxylation is 1. The third kappa shape index (κ3) is 2.93. The van der Waals surface area contributed by atoms with Crippen molar-refractivity contribution in [3.05, 3.63) is 51.6 Å². The Labute approximate surface area is 120 Å². The van der Waals surface area contributed by atoms with Gasteiger partial charge in [0.2, 0.25) is 0 Å². The number of carbonyl (C=O) groups is 1. The van der Waals surface area contributed by atoms with Crippen molar-refractivity contribution in [2.75, 3.05) is 11.1 Å². The van der Waals surface area contributed by atoms with Crippen LogP contribution in [0.25, 0.3) is 0 Å². The molecule has 98 valence electrons. The number of aromatic nitrogens is 1. The van der Waals surface area contributed by atoms with E-state index in [1.807, 2.05) is 26.0 Å². The largest absolute Gasteiger partial charge is 0.397 e. The summed E-state index contributed by atoms with van der Waals surface area (Å²) in [6, 6.07) is 7.28. The molecule has 0 atom stereocenters. The fourth-order valence-corrected chi connectivity index (χ4v) is 2.12. The van der Waals surface area contributed by atoms with E-state index in [0.717, 1.165) is 15.6 Å². The van der Waals surface area contributed by atoms with Gasteiger partial charge in [-0.15, -0.1) is 0 Å². The Morgan fingerprint density at radius 1 is 1.37 bits per heavy atom. The van der Waals surface area contributed by atoms with Gasteiger partial charge in [-0.25, -0.2) is 4.98 Å². The van der Waals surface area contributed by atoms with Gasteiger partial charge in [0.05, 0.1) is 11.9 Å². The Morgan fingerprint density at radius 2 is 2.11 bits per heavy atom. The van der Waals surface area contributed by atoms with Gasteiger partial charge >= 0.3 is 0 Å². The van der Waals surface area contributed by atoms with Crippen molar-refractivity contribution in [2.45, 2.75) is 13.8 Å². The molecule has 0 aliphatic carbocycles. The van der Waals surface area contributed by atoms with E-state index < -0.39 is 0 Å². The number of benzene rings is 1. The molecule has 0 unspecified atom stereocenters. The quantitative estimate of drug-likeness (QED) is 0.892. The number of nitrogens with zero attached hydrogens (tertiary/aromatic N) is 1. The average molecular weight is 320 g/mol. The van der Waals surface area contributed by atoms with Crippen LogP contribution >= 0.6 is 15.9 Å². The van der Waals surface area contributed by atoms with E-state index in [4.69, 9.17) is 5.73 Å². The molecule has 2 aromatic rings. The third-order valence-corrected chi connectivity index (χ3v) is 3.70. The van der Waals surface area contributed by atoms with Crippen LogP contribution in [-0.2, 0) is 0 Å². The first kappa shape index (κ1) is 13.5. The second-order valence-corrected chi connectivity index (χ2v) is 5.16. The summed E-state index contributed by atoms with van der Waals surface area (Å²) < 4.78 is 0.905. The Kier molecular flexibility index (Phi) is 3.85. The highest BCUT2D eigenvalue weighted by molar-refractivity contribution is 9.10. The van der Waals surface area contributed by atoms with Crippen molar-refractivity contribution in [3.8, 4) is 0 Å². The number of rotatable bonds is 2. The minimum atomic E-state index is -0.181. The summed E-state index contributed by atoms with van der Waals surface area (Å²) in [5.74, 6) is 0.345. The Balaban J connectivity index is 2.28. The van der Waals surface area contributed by atoms with Crippen LogP contribution < -0.4 is 11.1 Å². The SMILES string of the molecule is Cc1cc(N)cnc1NC(=O)c1cccc(Br)c1C. The Bertz CT molecular complexity index is 641. The minimum absolute atomic E-state index is 0.181. The van der Waals surface area contributed by atoms with Gasteiger partial charge in [0.1, 0.15) is 5.82 Å². The molecule has 0 saturated carbocycles. The van der Waals surface area contributed by atoms with Crippen LogP contribution in [0.2, 0.25) is 0 Å². The smallest absolute Gasteiger partial charge is 0.257 e. The third-order valence-electron chi connectivity index (χ3n) is 2.84. The normalized spacial score (nSPS) is 10.3. The van der Waals surface area contributed by atoms with Crippen LogP contribution in [0.4, 0.5) is 11.5 Å². The predicted molar refractivity (Wildman–Crippen MR) is 80.2 cm³/mol. The highest BCUT2D eigenvalue weighted by atomic mass is 79.9. The van der Waals surface area contributed by atoms with E-state index in [9.17, 15) is 4.79 Å². The summed E-state index contributed by atoms with van der Waals surface area (Å²) in [5, 5.41) is 2.80. The lowest BCUT2D eigenvalue weighted by atomic mass is 10.1. The molecule has 1 amide bonds. The second kappa shape index (κ2) is 5.40. The Hall–Kier alpha value is -1.88. The first-order valence-corrected chi connectivity index (χ1v) is 6.57. The lowest BCUT2D eigenvalue weighted by molar-refractivity contribution is 0.102. The molecule has 1 aromatic carbocycles. The Morgan fingerprint density at radius 3 is 2.79 bits per heavy atom. The van der Waals surface area contributed by atoms with Crippen molar-refractivity contribution in [3.63, 3.8) is 0 Å². The molecule has 5 heteroatoms. The van der Waals surface area contributed by atoms with Crippen molar-refractivity contribution in [1.29, 1.82) is 0 Å². The fraction of sp³-hybridized carbons (Fsp3) is 0.143. The maximum absolute atomic E-state index is 12.2. The molecule has 1 heterocycles. The molecule has 0 saturated heterocycles. The topological polar surface area (TPSA) is 68.0 Å². The van der Waals surface area contributed by atoms with Gasteiger partial charge in [-0.1, -0.05) is 22.0 Å². The van der Waals surface area contributed by atoms with E-state index >= 15 is 0 Å². The van der Waals surface area contributed by atoms with Gasteiger partial charge in [-0.3, -0.25) is 4.79 Å². The fourth-order valence-electron chi connectivity index (χ4n) is 1.76. The van der Waals surface area contributed by atoms with Crippen LogP contribution in [0.3, 0.4) is 0 Å². The summed E-state index contributed by atoms with van der Waals surface area (Å²) >= 11 is 3.41. The average Bonchev–Trinajstić information content (AvgIpc) is 2.36. The molecule has 19 heavy (non-hydrogen) atoms. The number of nitrogens with one attached hydrogen (secondary N) is 1. The van der Waals surface area contributed by atoms with E-state index in [2.05, 4.69) is 26.2 Å². The lowest BCUT2D eigenvalue weighted by Gasteiger charge is -2.10. The molecule has 0 aliphatic heterocycles.